The molecule has 0 aliphatic carbocycles. The van der Waals surface area contributed by atoms with E-state index >= 15 is 0 Å². The van der Waals surface area contributed by atoms with Gasteiger partial charge in [0, 0.05) is 11.1 Å². The molecule has 0 bridgehead atoms. The number of halogens is 4. The molecular weight excluding hydrogens is 299 g/mol. The molecule has 1 heterocycles. The van der Waals surface area contributed by atoms with Gasteiger partial charge in [-0.3, -0.25) is 0 Å². The summed E-state index contributed by atoms with van der Waals surface area (Å²) < 4.78 is 43.4. The van der Waals surface area contributed by atoms with Crippen molar-refractivity contribution in [3.8, 4) is 0 Å². The molecular formula is C12H7ClF3NO3. The first-order valence-electron chi connectivity index (χ1n) is 5.24. The highest BCUT2D eigenvalue weighted by molar-refractivity contribution is 6.30. The summed E-state index contributed by atoms with van der Waals surface area (Å²) in [7, 11) is 0. The van der Waals surface area contributed by atoms with Crippen LogP contribution < -0.4 is 5.32 Å². The van der Waals surface area contributed by atoms with Crippen molar-refractivity contribution in [3.63, 3.8) is 0 Å². The van der Waals surface area contributed by atoms with Gasteiger partial charge < -0.3 is 14.8 Å². The van der Waals surface area contributed by atoms with Gasteiger partial charge in [-0.25, -0.2) is 4.79 Å². The molecule has 2 N–H and O–H groups in total. The molecule has 0 saturated heterocycles. The molecule has 1 aromatic carbocycles. The van der Waals surface area contributed by atoms with Gasteiger partial charge in [0.2, 0.25) is 5.76 Å². The fourth-order valence-corrected chi connectivity index (χ4v) is 1.68. The standard InChI is InChI=1S/C12H7ClF3NO3/c13-6-1-2-8(7(5-6)12(14,15)16)17-10-4-3-9(20-10)11(18)19/h1-5,17H,(H,18,19). The van der Waals surface area contributed by atoms with Gasteiger partial charge in [0.15, 0.2) is 5.88 Å². The topological polar surface area (TPSA) is 62.5 Å². The van der Waals surface area contributed by atoms with Gasteiger partial charge in [0.05, 0.1) is 11.3 Å². The minimum absolute atomic E-state index is 0.0615. The molecule has 0 aliphatic rings. The summed E-state index contributed by atoms with van der Waals surface area (Å²) in [6.45, 7) is 0. The Morgan fingerprint density at radius 2 is 1.95 bits per heavy atom. The van der Waals surface area contributed by atoms with Crippen LogP contribution in [0.3, 0.4) is 0 Å². The highest BCUT2D eigenvalue weighted by atomic mass is 35.5. The normalized spacial score (nSPS) is 11.4. The number of anilines is 2. The predicted octanol–water partition coefficient (Wildman–Crippen LogP) is 4.39. The molecule has 0 saturated carbocycles. The van der Waals surface area contributed by atoms with E-state index in [0.29, 0.717) is 0 Å². The van der Waals surface area contributed by atoms with Gasteiger partial charge in [0.1, 0.15) is 0 Å². The number of furan rings is 1. The van der Waals surface area contributed by atoms with Gasteiger partial charge >= 0.3 is 12.1 Å². The summed E-state index contributed by atoms with van der Waals surface area (Å²) in [4.78, 5) is 10.6. The molecule has 1 aromatic heterocycles. The van der Waals surface area contributed by atoms with E-state index in [9.17, 15) is 18.0 Å². The Kier molecular flexibility index (Phi) is 3.63. The zero-order chi connectivity index (χ0) is 14.9. The molecule has 0 unspecified atom stereocenters. The number of hydrogen-bond donors (Lipinski definition) is 2. The Hall–Kier alpha value is -2.15. The van der Waals surface area contributed by atoms with E-state index in [0.717, 1.165) is 18.2 Å². The molecule has 4 nitrogen and oxygen atoms in total. The lowest BCUT2D eigenvalue weighted by atomic mass is 10.1. The second kappa shape index (κ2) is 5.09. The highest BCUT2D eigenvalue weighted by Crippen LogP contribution is 2.37. The number of alkyl halides is 3. The van der Waals surface area contributed by atoms with Crippen molar-refractivity contribution in [2.75, 3.05) is 5.32 Å². The van der Waals surface area contributed by atoms with Crippen LogP contribution in [0.2, 0.25) is 5.02 Å². The lowest BCUT2D eigenvalue weighted by Crippen LogP contribution is -2.08. The van der Waals surface area contributed by atoms with E-state index < -0.39 is 17.7 Å². The van der Waals surface area contributed by atoms with Gasteiger partial charge in [-0.1, -0.05) is 11.6 Å². The molecule has 8 heteroatoms. The predicted molar refractivity (Wildman–Crippen MR) is 65.4 cm³/mol. The Balaban J connectivity index is 2.35. The third-order valence-corrected chi connectivity index (χ3v) is 2.60. The quantitative estimate of drug-likeness (QED) is 0.882. The molecule has 0 amide bonds. The second-order valence-corrected chi connectivity index (χ2v) is 4.22. The Labute approximate surface area is 115 Å². The largest absolute Gasteiger partial charge is 0.475 e. The van der Waals surface area contributed by atoms with Crippen LogP contribution in [-0.4, -0.2) is 11.1 Å². The van der Waals surface area contributed by atoms with E-state index in [1.807, 2.05) is 0 Å². The number of carbonyl (C=O) groups is 1. The molecule has 20 heavy (non-hydrogen) atoms. The number of carboxylic acid groups (broad SMARTS) is 1. The van der Waals surface area contributed by atoms with Crippen molar-refractivity contribution in [1.29, 1.82) is 0 Å². The van der Waals surface area contributed by atoms with Crippen molar-refractivity contribution in [2.45, 2.75) is 6.18 Å². The molecule has 2 aromatic rings. The van der Waals surface area contributed by atoms with E-state index in [1.54, 1.807) is 0 Å². The van der Waals surface area contributed by atoms with E-state index in [4.69, 9.17) is 21.1 Å². The smallest absolute Gasteiger partial charge is 0.418 e. The van der Waals surface area contributed by atoms with Crippen molar-refractivity contribution in [1.82, 2.24) is 0 Å². The van der Waals surface area contributed by atoms with Gasteiger partial charge in [-0.05, 0) is 24.3 Å². The van der Waals surface area contributed by atoms with Crippen molar-refractivity contribution >= 4 is 29.1 Å². The maximum atomic E-state index is 12.8. The lowest BCUT2D eigenvalue weighted by Gasteiger charge is -2.13. The fraction of sp³-hybridized carbons (Fsp3) is 0.0833. The number of nitrogens with one attached hydrogen (secondary N) is 1. The van der Waals surface area contributed by atoms with Crippen LogP contribution in [0.5, 0.6) is 0 Å². The van der Waals surface area contributed by atoms with Crippen LogP contribution in [0.25, 0.3) is 0 Å². The number of hydrogen-bond acceptors (Lipinski definition) is 3. The summed E-state index contributed by atoms with van der Waals surface area (Å²) >= 11 is 5.54. The number of rotatable bonds is 3. The van der Waals surface area contributed by atoms with Gasteiger partial charge in [0.25, 0.3) is 0 Å². The van der Waals surface area contributed by atoms with Crippen LogP contribution in [0.15, 0.2) is 34.7 Å². The molecule has 0 aliphatic heterocycles. The first-order chi connectivity index (χ1) is 9.27. The Bertz CT molecular complexity index is 652. The maximum Gasteiger partial charge on any atom is 0.418 e. The van der Waals surface area contributed by atoms with Crippen molar-refractivity contribution in [3.05, 3.63) is 46.7 Å². The SMILES string of the molecule is O=C(O)c1ccc(Nc2ccc(Cl)cc2C(F)(F)F)o1. The van der Waals surface area contributed by atoms with Crippen LogP contribution in [0.1, 0.15) is 16.1 Å². The summed E-state index contributed by atoms with van der Waals surface area (Å²) in [5, 5.41) is 11.0. The molecule has 0 spiro atoms. The third-order valence-electron chi connectivity index (χ3n) is 2.36. The summed E-state index contributed by atoms with van der Waals surface area (Å²) in [5.74, 6) is -1.81. The van der Waals surface area contributed by atoms with Crippen LogP contribution in [0.4, 0.5) is 24.7 Å². The first kappa shape index (κ1) is 14.3. The van der Waals surface area contributed by atoms with E-state index in [1.165, 1.54) is 12.1 Å². The molecule has 2 rings (SSSR count). The van der Waals surface area contributed by atoms with Crippen LogP contribution in [0, 0.1) is 0 Å². The summed E-state index contributed by atoms with van der Waals surface area (Å²) in [6.07, 6.45) is -4.60. The zero-order valence-electron chi connectivity index (χ0n) is 9.66. The van der Waals surface area contributed by atoms with Crippen molar-refractivity contribution in [2.24, 2.45) is 0 Å². The van der Waals surface area contributed by atoms with E-state index in [2.05, 4.69) is 5.32 Å². The highest BCUT2D eigenvalue weighted by Gasteiger charge is 2.34. The number of benzene rings is 1. The third kappa shape index (κ3) is 3.05. The average Bonchev–Trinajstić information content (AvgIpc) is 2.79. The lowest BCUT2D eigenvalue weighted by molar-refractivity contribution is -0.136. The first-order valence-corrected chi connectivity index (χ1v) is 5.62. The summed E-state index contributed by atoms with van der Waals surface area (Å²) in [6, 6.07) is 5.53. The van der Waals surface area contributed by atoms with Gasteiger partial charge in [-0.2, -0.15) is 13.2 Å². The molecule has 0 radical (unpaired) electrons. The van der Waals surface area contributed by atoms with Crippen LogP contribution in [-0.2, 0) is 6.18 Å². The fourth-order valence-electron chi connectivity index (χ4n) is 1.51. The average molecular weight is 306 g/mol. The molecule has 0 atom stereocenters. The maximum absolute atomic E-state index is 12.8. The Morgan fingerprint density at radius 1 is 1.25 bits per heavy atom. The zero-order valence-corrected chi connectivity index (χ0v) is 10.4. The number of aromatic carboxylic acids is 1. The number of carboxylic acids is 1. The minimum Gasteiger partial charge on any atom is -0.475 e. The minimum atomic E-state index is -4.60. The Morgan fingerprint density at radius 3 is 2.50 bits per heavy atom. The second-order valence-electron chi connectivity index (χ2n) is 3.78. The van der Waals surface area contributed by atoms with E-state index in [-0.39, 0.29) is 22.4 Å². The summed E-state index contributed by atoms with van der Waals surface area (Å²) in [5.41, 5.74) is -1.26. The monoisotopic (exact) mass is 305 g/mol. The molecule has 106 valence electrons. The van der Waals surface area contributed by atoms with Crippen molar-refractivity contribution < 1.29 is 27.5 Å². The molecule has 0 fully saturated rings. The van der Waals surface area contributed by atoms with Gasteiger partial charge in [-0.15, -0.1) is 0 Å². The van der Waals surface area contributed by atoms with Crippen LogP contribution >= 0.6 is 11.6 Å².